The summed E-state index contributed by atoms with van der Waals surface area (Å²) in [6.45, 7) is 7.40. The molecule has 0 unspecified atom stereocenters. The molecule has 2 N–H and O–H groups in total. The zero-order valence-electron chi connectivity index (χ0n) is 19.9. The van der Waals surface area contributed by atoms with Crippen LogP contribution in [-0.2, 0) is 4.79 Å². The van der Waals surface area contributed by atoms with E-state index >= 15 is 0 Å². The summed E-state index contributed by atoms with van der Waals surface area (Å²) >= 11 is 3.39. The Kier molecular flexibility index (Phi) is 8.19. The molecular weight excluding hydrogens is 510 g/mol. The third kappa shape index (κ3) is 7.35. The number of hydrogen-bond donors (Lipinski definition) is 2. The van der Waals surface area contributed by atoms with Crippen molar-refractivity contribution in [1.82, 2.24) is 5.43 Å². The smallest absolute Gasteiger partial charge is 0.343 e. The molecule has 0 saturated carbocycles. The van der Waals surface area contributed by atoms with Gasteiger partial charge in [-0.25, -0.2) is 10.2 Å². The predicted octanol–water partition coefficient (Wildman–Crippen LogP) is 5.73. The van der Waals surface area contributed by atoms with Crippen LogP contribution in [0.1, 0.15) is 52.6 Å². The van der Waals surface area contributed by atoms with Gasteiger partial charge < -0.3 is 10.1 Å². The maximum Gasteiger partial charge on any atom is 0.343 e. The molecule has 7 nitrogen and oxygen atoms in total. The molecule has 0 aliphatic heterocycles. The highest BCUT2D eigenvalue weighted by Crippen LogP contribution is 2.23. The Morgan fingerprint density at radius 2 is 1.54 bits per heavy atom. The van der Waals surface area contributed by atoms with E-state index in [2.05, 4.69) is 31.8 Å². The lowest BCUT2D eigenvalue weighted by atomic mass is 9.95. The van der Waals surface area contributed by atoms with Gasteiger partial charge >= 0.3 is 5.97 Å². The molecule has 0 spiro atoms. The number of hydrazone groups is 1. The number of amides is 2. The van der Waals surface area contributed by atoms with E-state index < -0.39 is 17.3 Å². The second-order valence-electron chi connectivity index (χ2n) is 8.92. The summed E-state index contributed by atoms with van der Waals surface area (Å²) in [6, 6.07) is 18.7. The van der Waals surface area contributed by atoms with Crippen molar-refractivity contribution in [2.75, 3.05) is 5.32 Å². The molecule has 0 aliphatic rings. The topological polar surface area (TPSA) is 96.9 Å². The van der Waals surface area contributed by atoms with E-state index in [0.717, 1.165) is 10.0 Å². The Labute approximate surface area is 212 Å². The third-order valence-electron chi connectivity index (χ3n) is 4.92. The summed E-state index contributed by atoms with van der Waals surface area (Å²) in [7, 11) is 0. The van der Waals surface area contributed by atoms with Gasteiger partial charge in [-0.3, -0.25) is 9.59 Å². The maximum atomic E-state index is 12.5. The van der Waals surface area contributed by atoms with Crippen molar-refractivity contribution in [3.8, 4) is 5.75 Å². The van der Waals surface area contributed by atoms with Crippen LogP contribution < -0.4 is 15.5 Å². The lowest BCUT2D eigenvalue weighted by molar-refractivity contribution is -0.123. The van der Waals surface area contributed by atoms with Crippen LogP contribution in [0.2, 0.25) is 0 Å². The number of aryl methyl sites for hydroxylation is 1. The predicted molar refractivity (Wildman–Crippen MR) is 140 cm³/mol. The number of esters is 1. The molecule has 3 aromatic rings. The van der Waals surface area contributed by atoms with Gasteiger partial charge in [0.1, 0.15) is 5.75 Å². The zero-order valence-corrected chi connectivity index (χ0v) is 21.5. The number of nitrogens with one attached hydrogen (secondary N) is 2. The van der Waals surface area contributed by atoms with E-state index in [1.165, 1.54) is 6.21 Å². The van der Waals surface area contributed by atoms with Crippen molar-refractivity contribution in [2.24, 2.45) is 10.5 Å². The van der Waals surface area contributed by atoms with E-state index in [4.69, 9.17) is 4.74 Å². The van der Waals surface area contributed by atoms with Crippen molar-refractivity contribution in [1.29, 1.82) is 0 Å². The normalized spacial score (nSPS) is 11.2. The standard InChI is InChI=1S/C27H26BrN3O4/c1-17-5-7-19(8-6-17)25(33)35-23-14-11-21(28)15-20(23)16-29-31-24(32)18-9-12-22(13-10-18)30-26(34)27(2,3)4/h5-16H,1-4H3,(H,30,34)(H,31,32)/b29-16-. The first kappa shape index (κ1) is 25.8. The average molecular weight is 536 g/mol. The van der Waals surface area contributed by atoms with Gasteiger partial charge in [0.2, 0.25) is 5.91 Å². The fourth-order valence-corrected chi connectivity index (χ4v) is 3.19. The first-order chi connectivity index (χ1) is 16.5. The quantitative estimate of drug-likeness (QED) is 0.182. The number of anilines is 1. The molecule has 0 heterocycles. The van der Waals surface area contributed by atoms with Crippen molar-refractivity contribution < 1.29 is 19.1 Å². The lowest BCUT2D eigenvalue weighted by Gasteiger charge is -2.17. The first-order valence-electron chi connectivity index (χ1n) is 10.9. The molecule has 8 heteroatoms. The zero-order chi connectivity index (χ0) is 25.6. The number of hydrogen-bond acceptors (Lipinski definition) is 5. The van der Waals surface area contributed by atoms with E-state index in [1.807, 2.05) is 39.8 Å². The van der Waals surface area contributed by atoms with Crippen LogP contribution in [0.5, 0.6) is 5.75 Å². The molecule has 0 bridgehead atoms. The van der Waals surface area contributed by atoms with Crippen molar-refractivity contribution in [2.45, 2.75) is 27.7 Å². The van der Waals surface area contributed by atoms with Crippen LogP contribution >= 0.6 is 15.9 Å². The minimum Gasteiger partial charge on any atom is -0.422 e. The molecule has 2 amide bonds. The Balaban J connectivity index is 1.66. The molecular formula is C27H26BrN3O4. The number of rotatable bonds is 6. The van der Waals surface area contributed by atoms with Crippen molar-refractivity contribution >= 4 is 45.6 Å². The molecule has 0 radical (unpaired) electrons. The Morgan fingerprint density at radius 1 is 0.914 bits per heavy atom. The van der Waals surface area contributed by atoms with Crippen LogP contribution in [0.4, 0.5) is 5.69 Å². The fraction of sp³-hybridized carbons (Fsp3) is 0.185. The minimum atomic E-state index is -0.523. The molecule has 0 saturated heterocycles. The Hall–Kier alpha value is -3.78. The van der Waals surface area contributed by atoms with E-state index in [0.29, 0.717) is 28.1 Å². The number of benzene rings is 3. The summed E-state index contributed by atoms with van der Waals surface area (Å²) in [5.41, 5.74) is 4.87. The SMILES string of the molecule is Cc1ccc(C(=O)Oc2ccc(Br)cc2/C=N\NC(=O)c2ccc(NC(=O)C(C)(C)C)cc2)cc1. The molecule has 0 fully saturated rings. The van der Waals surface area contributed by atoms with Crippen LogP contribution in [0.25, 0.3) is 0 Å². The highest BCUT2D eigenvalue weighted by Gasteiger charge is 2.21. The summed E-state index contributed by atoms with van der Waals surface area (Å²) in [6.07, 6.45) is 1.40. The van der Waals surface area contributed by atoms with Gasteiger partial charge in [0.05, 0.1) is 11.8 Å². The second kappa shape index (κ2) is 11.1. The molecule has 3 aromatic carbocycles. The maximum absolute atomic E-state index is 12.5. The Bertz CT molecular complexity index is 1260. The summed E-state index contributed by atoms with van der Waals surface area (Å²) in [5, 5.41) is 6.82. The summed E-state index contributed by atoms with van der Waals surface area (Å²) in [4.78, 5) is 37.1. The number of carbonyl (C=O) groups excluding carboxylic acids is 3. The highest BCUT2D eigenvalue weighted by atomic mass is 79.9. The Morgan fingerprint density at radius 3 is 2.17 bits per heavy atom. The van der Waals surface area contributed by atoms with E-state index in [1.54, 1.807) is 54.6 Å². The number of halogens is 1. The largest absolute Gasteiger partial charge is 0.422 e. The lowest BCUT2D eigenvalue weighted by Crippen LogP contribution is -2.27. The van der Waals surface area contributed by atoms with Crippen molar-refractivity contribution in [3.05, 3.63) is 93.5 Å². The molecule has 0 aliphatic carbocycles. The van der Waals surface area contributed by atoms with Gasteiger partial charge in [0.25, 0.3) is 5.91 Å². The van der Waals surface area contributed by atoms with Gasteiger partial charge in [0, 0.05) is 26.7 Å². The third-order valence-corrected chi connectivity index (χ3v) is 5.41. The average Bonchev–Trinajstić information content (AvgIpc) is 2.81. The van der Waals surface area contributed by atoms with Gasteiger partial charge in [-0.2, -0.15) is 5.10 Å². The van der Waals surface area contributed by atoms with Crippen molar-refractivity contribution in [3.63, 3.8) is 0 Å². The van der Waals surface area contributed by atoms with Crippen LogP contribution in [-0.4, -0.2) is 24.0 Å². The summed E-state index contributed by atoms with van der Waals surface area (Å²) < 4.78 is 6.30. The fourth-order valence-electron chi connectivity index (χ4n) is 2.81. The molecule has 3 rings (SSSR count). The molecule has 180 valence electrons. The van der Waals surface area contributed by atoms with Gasteiger partial charge in [-0.1, -0.05) is 54.4 Å². The highest BCUT2D eigenvalue weighted by molar-refractivity contribution is 9.10. The van der Waals surface area contributed by atoms with E-state index in [9.17, 15) is 14.4 Å². The van der Waals surface area contributed by atoms with E-state index in [-0.39, 0.29) is 5.91 Å². The second-order valence-corrected chi connectivity index (χ2v) is 9.83. The molecule has 0 aromatic heterocycles. The van der Waals surface area contributed by atoms with Gasteiger partial charge in [-0.05, 0) is 61.5 Å². The van der Waals surface area contributed by atoms with Crippen LogP contribution in [0.15, 0.2) is 76.3 Å². The number of ether oxygens (including phenoxy) is 1. The number of nitrogens with zero attached hydrogens (tertiary/aromatic N) is 1. The number of carbonyl (C=O) groups is 3. The molecule has 0 atom stereocenters. The van der Waals surface area contributed by atoms with Gasteiger partial charge in [0.15, 0.2) is 0 Å². The van der Waals surface area contributed by atoms with Crippen LogP contribution in [0.3, 0.4) is 0 Å². The first-order valence-corrected chi connectivity index (χ1v) is 11.7. The summed E-state index contributed by atoms with van der Waals surface area (Å²) in [5.74, 6) is -0.740. The van der Waals surface area contributed by atoms with Crippen LogP contribution in [0, 0.1) is 12.3 Å². The van der Waals surface area contributed by atoms with Gasteiger partial charge in [-0.15, -0.1) is 0 Å². The monoisotopic (exact) mass is 535 g/mol. The molecule has 35 heavy (non-hydrogen) atoms. The minimum absolute atomic E-state index is 0.118.